The van der Waals surface area contributed by atoms with Crippen molar-refractivity contribution in [1.82, 2.24) is 15.1 Å². The number of nitro benzene ring substituents is 1. The molecule has 0 saturated heterocycles. The number of pyridine rings is 1. The van der Waals surface area contributed by atoms with Crippen molar-refractivity contribution in [2.24, 2.45) is 0 Å². The maximum Gasteiger partial charge on any atom is 0.293 e. The minimum absolute atomic E-state index is 0.0612. The standard InChI is InChI=1S/C21H17N5O3/c1-14(15-5-3-2-4-6-15)23-18-8-7-17(13-19(18)26(27)28)21-24-20(25-29-21)16-9-11-22-12-10-16/h2-14,23H,1H3. The number of nitrogens with one attached hydrogen (secondary N) is 1. The maximum atomic E-state index is 11.6. The Labute approximate surface area is 166 Å². The summed E-state index contributed by atoms with van der Waals surface area (Å²) in [6, 6.07) is 18.0. The van der Waals surface area contributed by atoms with Gasteiger partial charge >= 0.3 is 0 Å². The predicted molar refractivity (Wildman–Crippen MR) is 108 cm³/mol. The van der Waals surface area contributed by atoms with Gasteiger partial charge in [-0.3, -0.25) is 15.1 Å². The smallest absolute Gasteiger partial charge is 0.293 e. The van der Waals surface area contributed by atoms with E-state index in [1.165, 1.54) is 6.07 Å². The van der Waals surface area contributed by atoms with E-state index in [1.54, 1.807) is 36.7 Å². The van der Waals surface area contributed by atoms with Crippen molar-refractivity contribution in [3.8, 4) is 22.8 Å². The molecule has 1 atom stereocenters. The Hall–Kier alpha value is -4.07. The van der Waals surface area contributed by atoms with E-state index in [-0.39, 0.29) is 17.6 Å². The Morgan fingerprint density at radius 3 is 2.52 bits per heavy atom. The third-order valence-electron chi connectivity index (χ3n) is 4.48. The zero-order valence-electron chi connectivity index (χ0n) is 15.5. The summed E-state index contributed by atoms with van der Waals surface area (Å²) in [4.78, 5) is 19.5. The average molecular weight is 387 g/mol. The molecule has 0 amide bonds. The van der Waals surface area contributed by atoms with Crippen LogP contribution in [0.2, 0.25) is 0 Å². The van der Waals surface area contributed by atoms with Gasteiger partial charge in [0.25, 0.3) is 11.6 Å². The molecule has 29 heavy (non-hydrogen) atoms. The van der Waals surface area contributed by atoms with Crippen LogP contribution in [0.3, 0.4) is 0 Å². The van der Waals surface area contributed by atoms with Crippen molar-refractivity contribution in [3.63, 3.8) is 0 Å². The second-order valence-electron chi connectivity index (χ2n) is 6.42. The van der Waals surface area contributed by atoms with Crippen LogP contribution in [0.5, 0.6) is 0 Å². The van der Waals surface area contributed by atoms with Crippen LogP contribution in [0, 0.1) is 10.1 Å². The van der Waals surface area contributed by atoms with E-state index in [2.05, 4.69) is 20.4 Å². The quantitative estimate of drug-likeness (QED) is 0.371. The van der Waals surface area contributed by atoms with Gasteiger partial charge in [-0.15, -0.1) is 0 Å². The molecule has 2 aromatic carbocycles. The van der Waals surface area contributed by atoms with Crippen LogP contribution in [0.1, 0.15) is 18.5 Å². The first-order valence-corrected chi connectivity index (χ1v) is 8.96. The molecular weight excluding hydrogens is 370 g/mol. The number of nitro groups is 1. The first-order chi connectivity index (χ1) is 14.1. The Kier molecular flexibility index (Phi) is 4.98. The highest BCUT2D eigenvalue weighted by atomic mass is 16.6. The van der Waals surface area contributed by atoms with E-state index in [9.17, 15) is 10.1 Å². The van der Waals surface area contributed by atoms with Gasteiger partial charge in [-0.2, -0.15) is 4.98 Å². The van der Waals surface area contributed by atoms with Gasteiger partial charge in [-0.1, -0.05) is 35.5 Å². The van der Waals surface area contributed by atoms with E-state index >= 15 is 0 Å². The fourth-order valence-corrected chi connectivity index (χ4v) is 2.96. The lowest BCUT2D eigenvalue weighted by atomic mass is 10.1. The zero-order chi connectivity index (χ0) is 20.2. The van der Waals surface area contributed by atoms with Gasteiger partial charge in [0.05, 0.1) is 4.92 Å². The Balaban J connectivity index is 1.63. The van der Waals surface area contributed by atoms with Crippen molar-refractivity contribution < 1.29 is 9.45 Å². The Bertz CT molecular complexity index is 1130. The molecule has 0 aliphatic heterocycles. The number of rotatable bonds is 6. The third kappa shape index (κ3) is 3.96. The number of nitrogens with zero attached hydrogens (tertiary/aromatic N) is 4. The van der Waals surface area contributed by atoms with Crippen molar-refractivity contribution >= 4 is 11.4 Å². The van der Waals surface area contributed by atoms with Crippen molar-refractivity contribution in [3.05, 3.63) is 88.7 Å². The van der Waals surface area contributed by atoms with Crippen LogP contribution < -0.4 is 5.32 Å². The first kappa shape index (κ1) is 18.3. The normalized spacial score (nSPS) is 11.8. The molecule has 2 heterocycles. The van der Waals surface area contributed by atoms with Crippen LogP contribution in [0.15, 0.2) is 77.6 Å². The summed E-state index contributed by atoms with van der Waals surface area (Å²) in [7, 11) is 0. The van der Waals surface area contributed by atoms with Crippen molar-refractivity contribution in [2.75, 3.05) is 5.32 Å². The monoisotopic (exact) mass is 387 g/mol. The molecule has 8 heteroatoms. The SMILES string of the molecule is CC(Nc1ccc(-c2nc(-c3ccncc3)no2)cc1[N+](=O)[O-])c1ccccc1. The summed E-state index contributed by atoms with van der Waals surface area (Å²) in [5.74, 6) is 0.604. The molecule has 0 aliphatic rings. The van der Waals surface area contributed by atoms with E-state index in [4.69, 9.17) is 4.52 Å². The molecule has 0 saturated carbocycles. The molecule has 2 aromatic heterocycles. The van der Waals surface area contributed by atoms with Crippen molar-refractivity contribution in [2.45, 2.75) is 13.0 Å². The van der Waals surface area contributed by atoms with Crippen LogP contribution >= 0.6 is 0 Å². The molecule has 0 radical (unpaired) electrons. The molecule has 8 nitrogen and oxygen atoms in total. The number of aromatic nitrogens is 3. The number of benzene rings is 2. The second kappa shape index (κ2) is 7.89. The number of anilines is 1. The molecule has 0 aliphatic carbocycles. The van der Waals surface area contributed by atoms with Gasteiger partial charge in [0.2, 0.25) is 5.82 Å². The summed E-state index contributed by atoms with van der Waals surface area (Å²) in [6.45, 7) is 1.95. The first-order valence-electron chi connectivity index (χ1n) is 8.96. The van der Waals surface area contributed by atoms with Crippen LogP contribution in [0.4, 0.5) is 11.4 Å². The third-order valence-corrected chi connectivity index (χ3v) is 4.48. The highest BCUT2D eigenvalue weighted by Crippen LogP contribution is 2.33. The zero-order valence-corrected chi connectivity index (χ0v) is 15.5. The summed E-state index contributed by atoms with van der Waals surface area (Å²) >= 11 is 0. The molecule has 0 bridgehead atoms. The summed E-state index contributed by atoms with van der Waals surface area (Å²) < 4.78 is 5.31. The summed E-state index contributed by atoms with van der Waals surface area (Å²) in [6.07, 6.45) is 3.26. The second-order valence-corrected chi connectivity index (χ2v) is 6.42. The maximum absolute atomic E-state index is 11.6. The van der Waals surface area contributed by atoms with Crippen LogP contribution in [-0.2, 0) is 0 Å². The minimum atomic E-state index is -0.427. The molecule has 4 rings (SSSR count). The van der Waals surface area contributed by atoms with Crippen molar-refractivity contribution in [1.29, 1.82) is 0 Å². The van der Waals surface area contributed by atoms with Gasteiger partial charge < -0.3 is 9.84 Å². The average Bonchev–Trinajstić information content (AvgIpc) is 3.25. The fraction of sp³-hybridized carbons (Fsp3) is 0.0952. The molecule has 0 spiro atoms. The van der Waals surface area contributed by atoms with Gasteiger partial charge in [0.15, 0.2) is 0 Å². The summed E-state index contributed by atoms with van der Waals surface area (Å²) in [5, 5.41) is 18.8. The summed E-state index contributed by atoms with van der Waals surface area (Å²) in [5.41, 5.74) is 2.62. The van der Waals surface area contributed by atoms with E-state index in [1.807, 2.05) is 37.3 Å². The Morgan fingerprint density at radius 2 is 1.79 bits per heavy atom. The lowest BCUT2D eigenvalue weighted by Gasteiger charge is -2.16. The molecule has 1 N–H and O–H groups in total. The Morgan fingerprint density at radius 1 is 1.03 bits per heavy atom. The van der Waals surface area contributed by atoms with Gasteiger partial charge in [-0.25, -0.2) is 0 Å². The largest absolute Gasteiger partial charge is 0.373 e. The molecule has 0 fully saturated rings. The van der Waals surface area contributed by atoms with E-state index in [0.29, 0.717) is 17.1 Å². The predicted octanol–water partition coefficient (Wildman–Crippen LogP) is 4.88. The number of hydrogen-bond acceptors (Lipinski definition) is 7. The molecular formula is C21H17N5O3. The van der Waals surface area contributed by atoms with Gasteiger partial charge in [-0.05, 0) is 36.8 Å². The number of hydrogen-bond donors (Lipinski definition) is 1. The van der Waals surface area contributed by atoms with Crippen LogP contribution in [-0.4, -0.2) is 20.0 Å². The lowest BCUT2D eigenvalue weighted by molar-refractivity contribution is -0.383. The van der Waals surface area contributed by atoms with Gasteiger partial charge in [0.1, 0.15) is 5.69 Å². The van der Waals surface area contributed by atoms with E-state index in [0.717, 1.165) is 11.1 Å². The topological polar surface area (TPSA) is 107 Å². The van der Waals surface area contributed by atoms with Gasteiger partial charge in [0, 0.05) is 35.6 Å². The van der Waals surface area contributed by atoms with Crippen LogP contribution in [0.25, 0.3) is 22.8 Å². The minimum Gasteiger partial charge on any atom is -0.373 e. The molecule has 144 valence electrons. The highest BCUT2D eigenvalue weighted by Gasteiger charge is 2.20. The lowest BCUT2D eigenvalue weighted by Crippen LogP contribution is -2.08. The fourth-order valence-electron chi connectivity index (χ4n) is 2.96. The van der Waals surface area contributed by atoms with E-state index < -0.39 is 4.92 Å². The molecule has 1 unspecified atom stereocenters. The highest BCUT2D eigenvalue weighted by molar-refractivity contribution is 5.71. The molecule has 4 aromatic rings.